The smallest absolute Gasteiger partial charge is 0.0719 e. The van der Waals surface area contributed by atoms with Gasteiger partial charge in [-0.1, -0.05) is 109 Å². The van der Waals surface area contributed by atoms with Gasteiger partial charge in [0.05, 0.1) is 45.3 Å². The summed E-state index contributed by atoms with van der Waals surface area (Å²) in [5.74, 6) is 0. The lowest BCUT2D eigenvalue weighted by atomic mass is 10.0. The quantitative estimate of drug-likeness (QED) is 0.180. The van der Waals surface area contributed by atoms with Crippen molar-refractivity contribution in [3.05, 3.63) is 194 Å². The lowest BCUT2D eigenvalue weighted by Crippen LogP contribution is -1.96. The first-order valence-corrected chi connectivity index (χ1v) is 18.3. The molecule has 54 heavy (non-hydrogen) atoms. The summed E-state index contributed by atoms with van der Waals surface area (Å²) < 4.78 is 4.72. The fourth-order valence-electron chi connectivity index (χ4n) is 8.19. The van der Waals surface area contributed by atoms with Crippen LogP contribution in [0.25, 0.3) is 99.4 Å². The van der Waals surface area contributed by atoms with E-state index in [4.69, 9.17) is 9.97 Å². The van der Waals surface area contributed by atoms with E-state index in [2.05, 4.69) is 173 Å². The fraction of sp³-hybridized carbons (Fsp3) is 0. The van der Waals surface area contributed by atoms with Crippen LogP contribution in [0.3, 0.4) is 0 Å². The summed E-state index contributed by atoms with van der Waals surface area (Å²) in [7, 11) is 0. The third kappa shape index (κ3) is 4.85. The van der Waals surface area contributed by atoms with Crippen molar-refractivity contribution < 1.29 is 0 Å². The van der Waals surface area contributed by atoms with E-state index < -0.39 is 0 Å². The molecule has 4 nitrogen and oxygen atoms in total. The zero-order valence-electron chi connectivity index (χ0n) is 29.3. The highest BCUT2D eigenvalue weighted by Crippen LogP contribution is 2.38. The standard InChI is InChI=1S/C50H32N4/c1-2-11-34(12-3-1)45-24-19-38(31-51-45)46-25-23-40(32-52-46)54-48-17-9-7-15-42(48)44-30-37(21-27-50(44)54)36-20-26-49-43(29-36)41-14-6-8-16-47(41)53(49)39-22-18-33-10-4-5-13-35(33)28-39/h1-32H. The van der Waals surface area contributed by atoms with Crippen LogP contribution in [0.1, 0.15) is 0 Å². The third-order valence-electron chi connectivity index (χ3n) is 10.8. The Kier molecular flexibility index (Phi) is 6.82. The van der Waals surface area contributed by atoms with Crippen molar-refractivity contribution in [3.8, 4) is 45.0 Å². The average molecular weight is 689 g/mol. The van der Waals surface area contributed by atoms with E-state index >= 15 is 0 Å². The van der Waals surface area contributed by atoms with Crippen molar-refractivity contribution in [1.82, 2.24) is 19.1 Å². The van der Waals surface area contributed by atoms with Gasteiger partial charge in [0, 0.05) is 44.6 Å². The molecule has 4 heterocycles. The van der Waals surface area contributed by atoms with Crippen LogP contribution in [0.15, 0.2) is 194 Å². The summed E-state index contributed by atoms with van der Waals surface area (Å²) in [6.45, 7) is 0. The topological polar surface area (TPSA) is 35.6 Å². The van der Waals surface area contributed by atoms with E-state index in [1.54, 1.807) is 0 Å². The maximum Gasteiger partial charge on any atom is 0.0719 e. The lowest BCUT2D eigenvalue weighted by Gasteiger charge is -2.10. The summed E-state index contributed by atoms with van der Waals surface area (Å²) in [5.41, 5.74) is 13.2. The maximum atomic E-state index is 4.92. The van der Waals surface area contributed by atoms with Crippen LogP contribution >= 0.6 is 0 Å². The van der Waals surface area contributed by atoms with Gasteiger partial charge in [0.25, 0.3) is 0 Å². The molecule has 0 aliphatic carbocycles. The second kappa shape index (κ2) is 12.1. The normalized spacial score (nSPS) is 11.7. The number of pyridine rings is 2. The van der Waals surface area contributed by atoms with Gasteiger partial charge in [0.2, 0.25) is 0 Å². The van der Waals surface area contributed by atoms with E-state index in [0.29, 0.717) is 0 Å². The molecule has 252 valence electrons. The molecule has 0 aliphatic rings. The molecule has 0 saturated heterocycles. The van der Waals surface area contributed by atoms with Crippen molar-refractivity contribution >= 4 is 54.4 Å². The van der Waals surface area contributed by atoms with Crippen molar-refractivity contribution in [2.45, 2.75) is 0 Å². The summed E-state index contributed by atoms with van der Waals surface area (Å²) >= 11 is 0. The van der Waals surface area contributed by atoms with Gasteiger partial charge in [-0.2, -0.15) is 0 Å². The number of aromatic nitrogens is 4. The monoisotopic (exact) mass is 688 g/mol. The molecule has 11 rings (SSSR count). The van der Waals surface area contributed by atoms with Gasteiger partial charge in [0.1, 0.15) is 0 Å². The Labute approximate surface area is 311 Å². The zero-order valence-corrected chi connectivity index (χ0v) is 29.3. The van der Waals surface area contributed by atoms with Gasteiger partial charge in [0.15, 0.2) is 0 Å². The minimum Gasteiger partial charge on any atom is -0.309 e. The van der Waals surface area contributed by atoms with Gasteiger partial charge in [-0.15, -0.1) is 0 Å². The third-order valence-corrected chi connectivity index (χ3v) is 10.8. The van der Waals surface area contributed by atoms with Gasteiger partial charge in [-0.25, -0.2) is 0 Å². The Morgan fingerprint density at radius 3 is 1.46 bits per heavy atom. The molecule has 0 radical (unpaired) electrons. The molecule has 0 fully saturated rings. The number of fused-ring (bicyclic) bond motifs is 7. The zero-order chi connectivity index (χ0) is 35.6. The molecule has 4 aromatic heterocycles. The van der Waals surface area contributed by atoms with Crippen LogP contribution in [0, 0.1) is 0 Å². The first kappa shape index (κ1) is 30.3. The second-order valence-corrected chi connectivity index (χ2v) is 13.9. The highest BCUT2D eigenvalue weighted by Gasteiger charge is 2.16. The van der Waals surface area contributed by atoms with Crippen molar-refractivity contribution in [3.63, 3.8) is 0 Å². The van der Waals surface area contributed by atoms with E-state index in [1.807, 2.05) is 30.6 Å². The van der Waals surface area contributed by atoms with Crippen molar-refractivity contribution in [1.29, 1.82) is 0 Å². The number of nitrogens with zero attached hydrogens (tertiary/aromatic N) is 4. The molecule has 0 aliphatic heterocycles. The van der Waals surface area contributed by atoms with Gasteiger partial charge >= 0.3 is 0 Å². The van der Waals surface area contributed by atoms with Gasteiger partial charge in [-0.05, 0) is 94.7 Å². The van der Waals surface area contributed by atoms with Crippen molar-refractivity contribution in [2.24, 2.45) is 0 Å². The minimum absolute atomic E-state index is 0.895. The summed E-state index contributed by atoms with van der Waals surface area (Å²) in [4.78, 5) is 9.64. The Morgan fingerprint density at radius 2 is 0.815 bits per heavy atom. The Balaban J connectivity index is 0.989. The Morgan fingerprint density at radius 1 is 0.296 bits per heavy atom. The van der Waals surface area contributed by atoms with Gasteiger partial charge in [-0.3, -0.25) is 9.97 Å². The first-order valence-electron chi connectivity index (χ1n) is 18.3. The van der Waals surface area contributed by atoms with E-state index in [-0.39, 0.29) is 0 Å². The first-order chi connectivity index (χ1) is 26.8. The lowest BCUT2D eigenvalue weighted by molar-refractivity contribution is 1.14. The maximum absolute atomic E-state index is 4.92. The largest absolute Gasteiger partial charge is 0.309 e. The highest BCUT2D eigenvalue weighted by atomic mass is 15.0. The van der Waals surface area contributed by atoms with E-state index in [0.717, 1.165) is 39.2 Å². The molecule has 0 saturated carbocycles. The molecule has 0 N–H and O–H groups in total. The Bertz CT molecular complexity index is 3190. The van der Waals surface area contributed by atoms with Crippen LogP contribution in [0.5, 0.6) is 0 Å². The summed E-state index contributed by atoms with van der Waals surface area (Å²) in [6.07, 6.45) is 3.88. The minimum atomic E-state index is 0.895. The van der Waals surface area contributed by atoms with Crippen LogP contribution in [-0.2, 0) is 0 Å². The second-order valence-electron chi connectivity index (χ2n) is 13.9. The SMILES string of the molecule is c1ccc(-c2ccc(-c3ccc(-n4c5ccccc5c5cc(-c6ccc7c(c6)c6ccccc6n7-c6ccc7ccccc7c6)ccc54)cn3)cn2)cc1. The molecule has 0 unspecified atom stereocenters. The number of hydrogen-bond acceptors (Lipinski definition) is 2. The molecule has 0 amide bonds. The molecule has 0 bridgehead atoms. The van der Waals surface area contributed by atoms with Crippen molar-refractivity contribution in [2.75, 3.05) is 0 Å². The van der Waals surface area contributed by atoms with Crippen LogP contribution in [-0.4, -0.2) is 19.1 Å². The predicted molar refractivity (Wildman–Crippen MR) is 225 cm³/mol. The van der Waals surface area contributed by atoms with Crippen LogP contribution < -0.4 is 0 Å². The van der Waals surface area contributed by atoms with Crippen LogP contribution in [0.4, 0.5) is 0 Å². The summed E-state index contributed by atoms with van der Waals surface area (Å²) in [6, 6.07) is 65.1. The van der Waals surface area contributed by atoms with Crippen LogP contribution in [0.2, 0.25) is 0 Å². The van der Waals surface area contributed by atoms with E-state index in [9.17, 15) is 0 Å². The number of rotatable bonds is 5. The number of para-hydroxylation sites is 2. The molecule has 4 heteroatoms. The molecule has 0 spiro atoms. The fourth-order valence-corrected chi connectivity index (χ4v) is 8.19. The van der Waals surface area contributed by atoms with Gasteiger partial charge < -0.3 is 9.13 Å². The molecule has 7 aromatic carbocycles. The molecular weight excluding hydrogens is 657 g/mol. The number of benzene rings is 7. The van der Waals surface area contributed by atoms with E-state index in [1.165, 1.54) is 60.2 Å². The predicted octanol–water partition coefficient (Wildman–Crippen LogP) is 12.8. The molecular formula is C50H32N4. The summed E-state index contributed by atoms with van der Waals surface area (Å²) in [5, 5.41) is 7.41. The molecule has 11 aromatic rings. The highest BCUT2D eigenvalue weighted by molar-refractivity contribution is 6.12. The average Bonchev–Trinajstić information content (AvgIpc) is 3.76. The Hall–Kier alpha value is -7.30. The molecule has 0 atom stereocenters. The number of hydrogen-bond donors (Lipinski definition) is 0.